The molecule has 1 amide bonds. The number of halogens is 1. The minimum Gasteiger partial charge on any atom is -0.476 e. The number of nitrogens with one attached hydrogen (secondary N) is 1. The lowest BCUT2D eigenvalue weighted by Gasteiger charge is -2.11. The molecule has 0 bridgehead atoms. The summed E-state index contributed by atoms with van der Waals surface area (Å²) in [6, 6.07) is 19.2. The van der Waals surface area contributed by atoms with Crippen LogP contribution in [0.1, 0.15) is 6.92 Å². The van der Waals surface area contributed by atoms with E-state index in [0.717, 1.165) is 5.69 Å². The largest absolute Gasteiger partial charge is 0.476 e. The number of nitrogens with zero attached hydrogens (tertiary/aromatic N) is 4. The van der Waals surface area contributed by atoms with Crippen molar-refractivity contribution < 1.29 is 13.9 Å². The summed E-state index contributed by atoms with van der Waals surface area (Å²) in [5.41, 5.74) is 1.60. The summed E-state index contributed by atoms with van der Waals surface area (Å²) >= 11 is 1.20. The van der Waals surface area contributed by atoms with E-state index in [-0.39, 0.29) is 11.7 Å². The second-order valence-corrected chi connectivity index (χ2v) is 7.53. The minimum absolute atomic E-state index is 0.0721. The number of carbonyl (C=O) groups is 1. The Bertz CT molecular complexity index is 1220. The average molecular weight is 450 g/mol. The third-order valence-electron chi connectivity index (χ3n) is 4.42. The molecule has 2 aromatic heterocycles. The molecule has 4 rings (SSSR count). The molecule has 162 valence electrons. The molecule has 4 aromatic rings. The van der Waals surface area contributed by atoms with Crippen LogP contribution in [0.3, 0.4) is 0 Å². The third kappa shape index (κ3) is 4.78. The lowest BCUT2D eigenvalue weighted by Crippen LogP contribution is -2.16. The minimum atomic E-state index is -0.397. The molecule has 0 aliphatic heterocycles. The van der Waals surface area contributed by atoms with Gasteiger partial charge in [0.05, 0.1) is 17.9 Å². The SMILES string of the molecule is CCOc1ncccc1NC(=O)CSc1nnc(-c2ccccc2F)n1-c1ccccc1. The van der Waals surface area contributed by atoms with Gasteiger partial charge in [-0.3, -0.25) is 9.36 Å². The van der Waals surface area contributed by atoms with Crippen molar-refractivity contribution in [3.8, 4) is 23.0 Å². The number of carbonyl (C=O) groups excluding carboxylic acids is 1. The first kappa shape index (κ1) is 21.5. The molecule has 0 unspecified atom stereocenters. The van der Waals surface area contributed by atoms with E-state index in [4.69, 9.17) is 4.74 Å². The maximum atomic E-state index is 14.5. The van der Waals surface area contributed by atoms with Gasteiger partial charge in [-0.05, 0) is 43.3 Å². The van der Waals surface area contributed by atoms with E-state index in [1.807, 2.05) is 37.3 Å². The van der Waals surface area contributed by atoms with E-state index in [9.17, 15) is 9.18 Å². The fraction of sp³-hybridized carbons (Fsp3) is 0.130. The zero-order valence-electron chi connectivity index (χ0n) is 17.2. The second-order valence-electron chi connectivity index (χ2n) is 6.58. The van der Waals surface area contributed by atoms with Gasteiger partial charge in [0.1, 0.15) is 11.5 Å². The van der Waals surface area contributed by atoms with Crippen LogP contribution in [-0.4, -0.2) is 38.0 Å². The molecule has 0 saturated heterocycles. The van der Waals surface area contributed by atoms with Crippen molar-refractivity contribution in [2.75, 3.05) is 17.7 Å². The van der Waals surface area contributed by atoms with Crippen LogP contribution >= 0.6 is 11.8 Å². The van der Waals surface area contributed by atoms with Crippen molar-refractivity contribution in [2.24, 2.45) is 0 Å². The van der Waals surface area contributed by atoms with Crippen LogP contribution in [-0.2, 0) is 4.79 Å². The van der Waals surface area contributed by atoms with Crippen LogP contribution in [0.2, 0.25) is 0 Å². The first-order valence-electron chi connectivity index (χ1n) is 9.93. The van der Waals surface area contributed by atoms with Crippen LogP contribution in [0.15, 0.2) is 78.1 Å². The monoisotopic (exact) mass is 449 g/mol. The fourth-order valence-corrected chi connectivity index (χ4v) is 3.80. The summed E-state index contributed by atoms with van der Waals surface area (Å²) < 4.78 is 21.7. The highest BCUT2D eigenvalue weighted by molar-refractivity contribution is 7.99. The van der Waals surface area contributed by atoms with Gasteiger partial charge in [-0.15, -0.1) is 10.2 Å². The van der Waals surface area contributed by atoms with Gasteiger partial charge in [0.2, 0.25) is 11.8 Å². The van der Waals surface area contributed by atoms with Gasteiger partial charge >= 0.3 is 0 Å². The van der Waals surface area contributed by atoms with E-state index < -0.39 is 5.82 Å². The molecule has 32 heavy (non-hydrogen) atoms. The Morgan fingerprint density at radius 3 is 2.62 bits per heavy atom. The summed E-state index contributed by atoms with van der Waals surface area (Å²) in [7, 11) is 0. The summed E-state index contributed by atoms with van der Waals surface area (Å²) in [5.74, 6) is 0.152. The maximum Gasteiger partial charge on any atom is 0.237 e. The van der Waals surface area contributed by atoms with Crippen LogP contribution in [0.25, 0.3) is 17.1 Å². The van der Waals surface area contributed by atoms with Crippen molar-refractivity contribution in [1.29, 1.82) is 0 Å². The van der Waals surface area contributed by atoms with Gasteiger partial charge in [-0.1, -0.05) is 42.1 Å². The quantitative estimate of drug-likeness (QED) is 0.396. The Morgan fingerprint density at radius 2 is 1.84 bits per heavy atom. The van der Waals surface area contributed by atoms with Crippen LogP contribution in [0, 0.1) is 5.82 Å². The fourth-order valence-electron chi connectivity index (χ4n) is 3.04. The van der Waals surface area contributed by atoms with Crippen molar-refractivity contribution in [3.63, 3.8) is 0 Å². The number of aromatic nitrogens is 4. The van der Waals surface area contributed by atoms with E-state index in [0.29, 0.717) is 34.7 Å². The Labute approximate surface area is 188 Å². The summed E-state index contributed by atoms with van der Waals surface area (Å²) in [5, 5.41) is 11.7. The first-order chi connectivity index (χ1) is 15.7. The number of pyridine rings is 1. The highest BCUT2D eigenvalue weighted by Crippen LogP contribution is 2.29. The first-order valence-corrected chi connectivity index (χ1v) is 10.9. The number of benzene rings is 2. The standard InChI is InChI=1S/C23H20FN5O2S/c1-2-31-22-19(13-8-14-25-22)26-20(30)15-32-23-28-27-21(17-11-6-7-12-18(17)24)29(23)16-9-4-3-5-10-16/h3-14H,2,15H2,1H3,(H,26,30). The van der Waals surface area contributed by atoms with Gasteiger partial charge in [-0.25, -0.2) is 9.37 Å². The normalized spacial score (nSPS) is 10.7. The Morgan fingerprint density at radius 1 is 1.06 bits per heavy atom. The zero-order valence-corrected chi connectivity index (χ0v) is 18.1. The number of hydrogen-bond acceptors (Lipinski definition) is 6. The van der Waals surface area contributed by atoms with Crippen molar-refractivity contribution in [3.05, 3.63) is 78.7 Å². The van der Waals surface area contributed by atoms with Crippen LogP contribution < -0.4 is 10.1 Å². The Hall–Kier alpha value is -3.72. The number of para-hydroxylation sites is 1. The molecular weight excluding hydrogens is 429 g/mol. The molecule has 0 aliphatic carbocycles. The molecule has 0 radical (unpaired) electrons. The molecule has 7 nitrogen and oxygen atoms in total. The highest BCUT2D eigenvalue weighted by Gasteiger charge is 2.19. The van der Waals surface area contributed by atoms with Gasteiger partial charge in [0, 0.05) is 11.9 Å². The van der Waals surface area contributed by atoms with Gasteiger partial charge in [0.15, 0.2) is 11.0 Å². The number of anilines is 1. The van der Waals surface area contributed by atoms with E-state index in [1.165, 1.54) is 17.8 Å². The molecule has 0 saturated carbocycles. The summed E-state index contributed by atoms with van der Waals surface area (Å²) in [6.07, 6.45) is 1.60. The highest BCUT2D eigenvalue weighted by atomic mass is 32.2. The summed E-state index contributed by atoms with van der Waals surface area (Å²) in [4.78, 5) is 16.7. The number of rotatable bonds is 8. The van der Waals surface area contributed by atoms with Crippen LogP contribution in [0.4, 0.5) is 10.1 Å². The predicted octanol–water partition coefficient (Wildman–Crippen LogP) is 4.60. The number of amides is 1. The van der Waals surface area contributed by atoms with Gasteiger partial charge < -0.3 is 10.1 Å². The molecule has 0 atom stereocenters. The Balaban J connectivity index is 1.58. The molecule has 2 heterocycles. The molecule has 0 spiro atoms. The van der Waals surface area contributed by atoms with Crippen molar-refractivity contribution >= 4 is 23.4 Å². The molecular formula is C23H20FN5O2S. The molecule has 0 aliphatic rings. The van der Waals surface area contributed by atoms with E-state index in [2.05, 4.69) is 20.5 Å². The van der Waals surface area contributed by atoms with Crippen molar-refractivity contribution in [2.45, 2.75) is 12.1 Å². The predicted molar refractivity (Wildman–Crippen MR) is 122 cm³/mol. The average Bonchev–Trinajstić information content (AvgIpc) is 3.24. The Kier molecular flexibility index (Phi) is 6.76. The molecule has 1 N–H and O–H groups in total. The smallest absolute Gasteiger partial charge is 0.237 e. The summed E-state index contributed by atoms with van der Waals surface area (Å²) in [6.45, 7) is 2.29. The molecule has 2 aromatic carbocycles. The van der Waals surface area contributed by atoms with E-state index >= 15 is 0 Å². The topological polar surface area (TPSA) is 81.9 Å². The number of thioether (sulfide) groups is 1. The zero-order chi connectivity index (χ0) is 22.3. The van der Waals surface area contributed by atoms with Crippen LogP contribution in [0.5, 0.6) is 5.88 Å². The van der Waals surface area contributed by atoms with Crippen molar-refractivity contribution in [1.82, 2.24) is 19.7 Å². The van der Waals surface area contributed by atoms with Gasteiger partial charge in [0.25, 0.3) is 0 Å². The lowest BCUT2D eigenvalue weighted by molar-refractivity contribution is -0.113. The molecule has 9 heteroatoms. The third-order valence-corrected chi connectivity index (χ3v) is 5.35. The van der Waals surface area contributed by atoms with E-state index in [1.54, 1.807) is 41.1 Å². The lowest BCUT2D eigenvalue weighted by atomic mass is 10.2. The number of hydrogen-bond donors (Lipinski definition) is 1. The second kappa shape index (κ2) is 10.1. The maximum absolute atomic E-state index is 14.5. The number of ether oxygens (including phenoxy) is 1. The molecule has 0 fully saturated rings. The van der Waals surface area contributed by atoms with Gasteiger partial charge in [-0.2, -0.15) is 0 Å².